The van der Waals surface area contributed by atoms with Gasteiger partial charge in [0.2, 0.25) is 5.88 Å². The number of hydrogen-bond acceptors (Lipinski definition) is 8. The minimum atomic E-state index is 0.557. The maximum Gasteiger partial charge on any atom is 0.213 e. The van der Waals surface area contributed by atoms with Gasteiger partial charge in [-0.25, -0.2) is 15.0 Å². The van der Waals surface area contributed by atoms with Gasteiger partial charge in [0.05, 0.1) is 18.7 Å². The molecule has 4 heterocycles. The van der Waals surface area contributed by atoms with E-state index in [0.29, 0.717) is 11.6 Å². The highest BCUT2D eigenvalue weighted by Crippen LogP contribution is 2.37. The number of anilines is 2. The predicted octanol–water partition coefficient (Wildman–Crippen LogP) is 4.58. The van der Waals surface area contributed by atoms with Gasteiger partial charge in [-0.2, -0.15) is 0 Å². The van der Waals surface area contributed by atoms with Gasteiger partial charge in [0, 0.05) is 23.2 Å². The first-order chi connectivity index (χ1) is 14.7. The fourth-order valence-corrected chi connectivity index (χ4v) is 4.76. The van der Waals surface area contributed by atoms with Crippen LogP contribution in [0.4, 0.5) is 11.5 Å². The van der Waals surface area contributed by atoms with Crippen molar-refractivity contribution in [3.8, 4) is 17.4 Å². The van der Waals surface area contributed by atoms with Gasteiger partial charge in [0.25, 0.3) is 0 Å². The molecule has 0 radical (unpaired) electrons. The third-order valence-electron chi connectivity index (χ3n) is 5.09. The fraction of sp³-hybridized carbons (Fsp3) is 0.227. The average molecular weight is 420 g/mol. The summed E-state index contributed by atoms with van der Waals surface area (Å²) in [6.07, 6.45) is 4.27. The van der Waals surface area contributed by atoms with Crippen LogP contribution in [0.25, 0.3) is 10.2 Å². The number of hydrogen-bond donors (Lipinski definition) is 2. The summed E-state index contributed by atoms with van der Waals surface area (Å²) in [7, 11) is 1.59. The van der Waals surface area contributed by atoms with Crippen LogP contribution in [0.1, 0.15) is 16.0 Å². The van der Waals surface area contributed by atoms with Crippen LogP contribution < -0.4 is 20.1 Å². The smallest absolute Gasteiger partial charge is 0.213 e. The molecule has 2 N–H and O–H groups in total. The monoisotopic (exact) mass is 419 g/mol. The fourth-order valence-electron chi connectivity index (χ4n) is 3.61. The molecule has 0 fully saturated rings. The molecule has 0 saturated heterocycles. The second-order valence-electron chi connectivity index (χ2n) is 7.08. The van der Waals surface area contributed by atoms with E-state index in [-0.39, 0.29) is 0 Å². The molecule has 0 unspecified atom stereocenters. The first-order valence-electron chi connectivity index (χ1n) is 9.73. The van der Waals surface area contributed by atoms with Crippen molar-refractivity contribution in [2.24, 2.45) is 0 Å². The first kappa shape index (κ1) is 18.8. The number of methoxy groups -OCH3 is 1. The lowest BCUT2D eigenvalue weighted by Crippen LogP contribution is -2.22. The molecule has 0 saturated carbocycles. The SMILES string of the molecule is COc1ccc(Oc2ccc(Nc3ncnc4sc5c(c34)CCNC5)cc2C)cn1. The number of fused-ring (bicyclic) bond motifs is 3. The van der Waals surface area contributed by atoms with Gasteiger partial charge >= 0.3 is 0 Å². The summed E-state index contributed by atoms with van der Waals surface area (Å²) in [5.41, 5.74) is 3.33. The Balaban J connectivity index is 1.40. The minimum Gasteiger partial charge on any atom is -0.481 e. The number of thiophene rings is 1. The number of pyridine rings is 1. The molecule has 30 heavy (non-hydrogen) atoms. The van der Waals surface area contributed by atoms with E-state index in [1.54, 1.807) is 37.0 Å². The molecule has 0 atom stereocenters. The van der Waals surface area contributed by atoms with E-state index in [1.165, 1.54) is 10.4 Å². The molecule has 3 aromatic heterocycles. The molecule has 0 spiro atoms. The summed E-state index contributed by atoms with van der Waals surface area (Å²) < 4.78 is 11.1. The van der Waals surface area contributed by atoms with Gasteiger partial charge in [-0.3, -0.25) is 0 Å². The van der Waals surface area contributed by atoms with E-state index in [1.807, 2.05) is 25.1 Å². The van der Waals surface area contributed by atoms with Gasteiger partial charge in [-0.1, -0.05) is 0 Å². The van der Waals surface area contributed by atoms with E-state index >= 15 is 0 Å². The lowest BCUT2D eigenvalue weighted by atomic mass is 10.1. The Bertz CT molecular complexity index is 1210. The van der Waals surface area contributed by atoms with E-state index in [4.69, 9.17) is 9.47 Å². The number of ether oxygens (including phenoxy) is 2. The molecule has 1 aromatic carbocycles. The van der Waals surface area contributed by atoms with Crippen LogP contribution >= 0.6 is 11.3 Å². The lowest BCUT2D eigenvalue weighted by molar-refractivity contribution is 0.394. The topological polar surface area (TPSA) is 81.2 Å². The van der Waals surface area contributed by atoms with Crippen molar-refractivity contribution in [1.29, 1.82) is 0 Å². The maximum absolute atomic E-state index is 5.97. The molecular formula is C22H21N5O2S. The van der Waals surface area contributed by atoms with Gasteiger partial charge in [-0.15, -0.1) is 11.3 Å². The summed E-state index contributed by atoms with van der Waals surface area (Å²) in [6.45, 7) is 3.91. The van der Waals surface area contributed by atoms with Crippen molar-refractivity contribution in [3.63, 3.8) is 0 Å². The van der Waals surface area contributed by atoms with Gasteiger partial charge in [-0.05, 0) is 55.3 Å². The Hall–Kier alpha value is -3.23. The number of aromatic nitrogens is 3. The average Bonchev–Trinajstić information content (AvgIpc) is 3.16. The van der Waals surface area contributed by atoms with E-state index < -0.39 is 0 Å². The summed E-state index contributed by atoms with van der Waals surface area (Å²) in [5, 5.41) is 8.05. The van der Waals surface area contributed by atoms with Crippen LogP contribution in [0.15, 0.2) is 42.9 Å². The van der Waals surface area contributed by atoms with Crippen molar-refractivity contribution in [2.75, 3.05) is 19.0 Å². The van der Waals surface area contributed by atoms with Crippen molar-refractivity contribution >= 4 is 33.1 Å². The quantitative estimate of drug-likeness (QED) is 0.490. The Labute approximate surface area is 178 Å². The zero-order chi connectivity index (χ0) is 20.5. The van der Waals surface area contributed by atoms with Crippen molar-refractivity contribution < 1.29 is 9.47 Å². The Morgan fingerprint density at radius 3 is 2.87 bits per heavy atom. The molecule has 0 bridgehead atoms. The molecule has 0 aliphatic carbocycles. The highest BCUT2D eigenvalue weighted by Gasteiger charge is 2.19. The van der Waals surface area contributed by atoms with Gasteiger partial charge < -0.3 is 20.1 Å². The van der Waals surface area contributed by atoms with Crippen molar-refractivity contribution in [2.45, 2.75) is 19.9 Å². The molecule has 7 nitrogen and oxygen atoms in total. The molecular weight excluding hydrogens is 398 g/mol. The van der Waals surface area contributed by atoms with E-state index in [2.05, 4.69) is 31.7 Å². The van der Waals surface area contributed by atoms with Gasteiger partial charge in [0.1, 0.15) is 28.5 Å². The van der Waals surface area contributed by atoms with Crippen LogP contribution in [0, 0.1) is 6.92 Å². The number of aryl methyl sites for hydroxylation is 1. The second kappa shape index (κ2) is 7.89. The van der Waals surface area contributed by atoms with Crippen LogP contribution in [0.5, 0.6) is 17.4 Å². The Morgan fingerprint density at radius 1 is 1.13 bits per heavy atom. The summed E-state index contributed by atoms with van der Waals surface area (Å²) in [6, 6.07) is 9.61. The van der Waals surface area contributed by atoms with Crippen molar-refractivity contribution in [1.82, 2.24) is 20.3 Å². The number of benzene rings is 1. The molecule has 152 valence electrons. The Kier molecular flexibility index (Phi) is 4.94. The number of nitrogens with one attached hydrogen (secondary N) is 2. The second-order valence-corrected chi connectivity index (χ2v) is 8.16. The van der Waals surface area contributed by atoms with Crippen LogP contribution in [-0.2, 0) is 13.0 Å². The summed E-state index contributed by atoms with van der Waals surface area (Å²) >= 11 is 1.75. The molecule has 4 aromatic rings. The number of nitrogens with zero attached hydrogens (tertiary/aromatic N) is 3. The van der Waals surface area contributed by atoms with Gasteiger partial charge in [0.15, 0.2) is 0 Å². The normalized spacial score (nSPS) is 13.1. The van der Waals surface area contributed by atoms with E-state index in [0.717, 1.165) is 52.5 Å². The third-order valence-corrected chi connectivity index (χ3v) is 6.23. The standard InChI is InChI=1S/C22H21N5O2S/c1-13-9-14(3-5-17(13)29-15-4-6-19(28-2)24-10-15)27-21-20-16-7-8-23-11-18(16)30-22(20)26-12-25-21/h3-6,9-10,12,23H,7-8,11H2,1-2H3,(H,25,26,27). The number of rotatable bonds is 5. The highest BCUT2D eigenvalue weighted by molar-refractivity contribution is 7.19. The molecule has 0 amide bonds. The largest absolute Gasteiger partial charge is 0.481 e. The minimum absolute atomic E-state index is 0.557. The lowest BCUT2D eigenvalue weighted by Gasteiger charge is -2.14. The maximum atomic E-state index is 5.97. The summed E-state index contributed by atoms with van der Waals surface area (Å²) in [4.78, 5) is 15.6. The molecule has 1 aliphatic heterocycles. The Morgan fingerprint density at radius 2 is 2.07 bits per heavy atom. The highest BCUT2D eigenvalue weighted by atomic mass is 32.1. The zero-order valence-corrected chi connectivity index (χ0v) is 17.5. The zero-order valence-electron chi connectivity index (χ0n) is 16.7. The summed E-state index contributed by atoms with van der Waals surface area (Å²) in [5.74, 6) is 2.85. The van der Waals surface area contributed by atoms with Crippen LogP contribution in [0.2, 0.25) is 0 Å². The van der Waals surface area contributed by atoms with E-state index in [9.17, 15) is 0 Å². The third kappa shape index (κ3) is 3.55. The molecule has 5 rings (SSSR count). The van der Waals surface area contributed by atoms with Crippen LogP contribution in [0.3, 0.4) is 0 Å². The van der Waals surface area contributed by atoms with Crippen molar-refractivity contribution in [3.05, 3.63) is 58.9 Å². The predicted molar refractivity (Wildman–Crippen MR) is 118 cm³/mol. The van der Waals surface area contributed by atoms with Crippen LogP contribution in [-0.4, -0.2) is 28.6 Å². The first-order valence-corrected chi connectivity index (χ1v) is 10.5. The molecule has 1 aliphatic rings. The molecule has 8 heteroatoms.